The SMILES string of the molecule is O=C(c1ccsc1)N1CCC[C@@H](Oc2ncccn2)C1. The number of nitrogens with zero attached hydrogens (tertiary/aromatic N) is 3. The fraction of sp³-hybridized carbons (Fsp3) is 0.357. The normalized spacial score (nSPS) is 18.8. The quantitative estimate of drug-likeness (QED) is 0.869. The van der Waals surface area contributed by atoms with Gasteiger partial charge in [-0.25, -0.2) is 9.97 Å². The van der Waals surface area contributed by atoms with Crippen molar-refractivity contribution < 1.29 is 9.53 Å². The standard InChI is InChI=1S/C14H15N3O2S/c18-13(11-4-8-20-10-11)17-7-1-3-12(9-17)19-14-15-5-2-6-16-14/h2,4-6,8,10,12H,1,3,7,9H2/t12-/m1/s1. The molecule has 1 fully saturated rings. The molecule has 1 amide bonds. The van der Waals surface area contributed by atoms with E-state index in [9.17, 15) is 4.79 Å². The van der Waals surface area contributed by atoms with Crippen molar-refractivity contribution in [3.05, 3.63) is 40.8 Å². The van der Waals surface area contributed by atoms with Gasteiger partial charge in [0.05, 0.1) is 12.1 Å². The first kappa shape index (κ1) is 13.1. The van der Waals surface area contributed by atoms with Crippen molar-refractivity contribution in [1.82, 2.24) is 14.9 Å². The number of likely N-dealkylation sites (tertiary alicyclic amines) is 1. The molecule has 2 aromatic rings. The van der Waals surface area contributed by atoms with E-state index in [1.54, 1.807) is 18.5 Å². The number of hydrogen-bond donors (Lipinski definition) is 0. The van der Waals surface area contributed by atoms with Crippen LogP contribution in [0, 0.1) is 0 Å². The minimum atomic E-state index is -0.0336. The average molecular weight is 289 g/mol. The molecule has 104 valence electrons. The van der Waals surface area contributed by atoms with Gasteiger partial charge in [-0.3, -0.25) is 4.79 Å². The lowest BCUT2D eigenvalue weighted by atomic mass is 10.1. The van der Waals surface area contributed by atoms with Crippen LogP contribution in [0.1, 0.15) is 23.2 Å². The van der Waals surface area contributed by atoms with Crippen molar-refractivity contribution in [2.24, 2.45) is 0 Å². The highest BCUT2D eigenvalue weighted by Gasteiger charge is 2.26. The van der Waals surface area contributed by atoms with Crippen molar-refractivity contribution in [1.29, 1.82) is 0 Å². The molecule has 1 aliphatic rings. The number of ether oxygens (including phenoxy) is 1. The second-order valence-corrected chi connectivity index (χ2v) is 5.46. The van der Waals surface area contributed by atoms with Gasteiger partial charge in [-0.15, -0.1) is 0 Å². The molecule has 2 aromatic heterocycles. The summed E-state index contributed by atoms with van der Waals surface area (Å²) in [5, 5.41) is 3.80. The molecular formula is C14H15N3O2S. The number of carbonyl (C=O) groups excluding carboxylic acids is 1. The molecule has 0 spiro atoms. The molecular weight excluding hydrogens is 274 g/mol. The molecule has 0 radical (unpaired) electrons. The maximum atomic E-state index is 12.3. The van der Waals surface area contributed by atoms with Gasteiger partial charge >= 0.3 is 6.01 Å². The van der Waals surface area contributed by atoms with Crippen molar-refractivity contribution in [3.63, 3.8) is 0 Å². The van der Waals surface area contributed by atoms with Crippen LogP contribution >= 0.6 is 11.3 Å². The van der Waals surface area contributed by atoms with Gasteiger partial charge in [0.25, 0.3) is 5.91 Å². The Kier molecular flexibility index (Phi) is 3.92. The number of amides is 1. The van der Waals surface area contributed by atoms with E-state index < -0.39 is 0 Å². The fourth-order valence-electron chi connectivity index (χ4n) is 2.28. The van der Waals surface area contributed by atoms with Gasteiger partial charge in [-0.2, -0.15) is 11.3 Å². The largest absolute Gasteiger partial charge is 0.458 e. The smallest absolute Gasteiger partial charge is 0.316 e. The molecule has 0 aliphatic carbocycles. The maximum absolute atomic E-state index is 12.3. The van der Waals surface area contributed by atoms with Crippen LogP contribution in [0.3, 0.4) is 0 Å². The van der Waals surface area contributed by atoms with Crippen molar-refractivity contribution in [2.75, 3.05) is 13.1 Å². The third kappa shape index (κ3) is 2.96. The Morgan fingerprint density at radius 3 is 3.00 bits per heavy atom. The monoisotopic (exact) mass is 289 g/mol. The molecule has 6 heteroatoms. The van der Waals surface area contributed by atoms with Crippen LogP contribution < -0.4 is 4.74 Å². The van der Waals surface area contributed by atoms with Gasteiger partial charge in [0.1, 0.15) is 6.10 Å². The van der Waals surface area contributed by atoms with E-state index in [1.807, 2.05) is 21.7 Å². The number of thiophene rings is 1. The van der Waals surface area contributed by atoms with Crippen LogP contribution in [-0.2, 0) is 0 Å². The molecule has 0 unspecified atom stereocenters. The Morgan fingerprint density at radius 2 is 2.25 bits per heavy atom. The van der Waals surface area contributed by atoms with Gasteiger partial charge in [0.15, 0.2) is 0 Å². The molecule has 0 bridgehead atoms. The zero-order valence-corrected chi connectivity index (χ0v) is 11.8. The lowest BCUT2D eigenvalue weighted by molar-refractivity contribution is 0.0516. The summed E-state index contributed by atoms with van der Waals surface area (Å²) in [6, 6.07) is 3.99. The van der Waals surface area contributed by atoms with Gasteiger partial charge in [0, 0.05) is 24.3 Å². The van der Waals surface area contributed by atoms with Crippen molar-refractivity contribution in [3.8, 4) is 6.01 Å². The first-order valence-corrected chi connectivity index (χ1v) is 7.52. The topological polar surface area (TPSA) is 55.3 Å². The first-order chi connectivity index (χ1) is 9.83. The van der Waals surface area contributed by atoms with Crippen molar-refractivity contribution >= 4 is 17.2 Å². The minimum absolute atomic E-state index is 0.0336. The number of piperidine rings is 1. The van der Waals surface area contributed by atoms with Crippen LogP contribution in [0.25, 0.3) is 0 Å². The number of rotatable bonds is 3. The molecule has 1 atom stereocenters. The summed E-state index contributed by atoms with van der Waals surface area (Å²) in [7, 11) is 0. The zero-order valence-electron chi connectivity index (χ0n) is 10.9. The molecule has 1 aliphatic heterocycles. The van der Waals surface area contributed by atoms with Crippen LogP contribution in [0.2, 0.25) is 0 Å². The fourth-order valence-corrected chi connectivity index (χ4v) is 2.91. The summed E-state index contributed by atoms with van der Waals surface area (Å²) >= 11 is 1.54. The summed E-state index contributed by atoms with van der Waals surface area (Å²) in [6.45, 7) is 1.37. The predicted molar refractivity (Wildman–Crippen MR) is 75.9 cm³/mol. The highest BCUT2D eigenvalue weighted by molar-refractivity contribution is 7.08. The van der Waals surface area contributed by atoms with E-state index >= 15 is 0 Å². The first-order valence-electron chi connectivity index (χ1n) is 6.58. The Morgan fingerprint density at radius 1 is 1.40 bits per heavy atom. The Labute approximate surface area is 121 Å². The number of aromatic nitrogens is 2. The zero-order chi connectivity index (χ0) is 13.8. The lowest BCUT2D eigenvalue weighted by Crippen LogP contribution is -2.44. The van der Waals surface area contributed by atoms with Crippen LogP contribution in [0.5, 0.6) is 6.01 Å². The second-order valence-electron chi connectivity index (χ2n) is 4.68. The average Bonchev–Trinajstić information content (AvgIpc) is 3.02. The number of carbonyl (C=O) groups is 1. The summed E-state index contributed by atoms with van der Waals surface area (Å²) in [5.41, 5.74) is 0.756. The maximum Gasteiger partial charge on any atom is 0.316 e. The van der Waals surface area contributed by atoms with Crippen LogP contribution in [0.4, 0.5) is 0 Å². The highest BCUT2D eigenvalue weighted by atomic mass is 32.1. The molecule has 0 N–H and O–H groups in total. The van der Waals surface area contributed by atoms with E-state index in [-0.39, 0.29) is 12.0 Å². The predicted octanol–water partition coefficient (Wildman–Crippen LogP) is 2.22. The molecule has 5 nitrogen and oxygen atoms in total. The number of hydrogen-bond acceptors (Lipinski definition) is 5. The highest BCUT2D eigenvalue weighted by Crippen LogP contribution is 2.18. The third-order valence-electron chi connectivity index (χ3n) is 3.25. The molecule has 0 saturated carbocycles. The molecule has 20 heavy (non-hydrogen) atoms. The summed E-state index contributed by atoms with van der Waals surface area (Å²) in [4.78, 5) is 22.3. The Bertz CT molecular complexity index is 559. The van der Waals surface area contributed by atoms with Crippen LogP contribution in [0.15, 0.2) is 35.3 Å². The summed E-state index contributed by atoms with van der Waals surface area (Å²) in [6.07, 6.45) is 5.13. The van der Waals surface area contributed by atoms with Crippen molar-refractivity contribution in [2.45, 2.75) is 18.9 Å². The minimum Gasteiger partial charge on any atom is -0.458 e. The lowest BCUT2D eigenvalue weighted by Gasteiger charge is -2.32. The van der Waals surface area contributed by atoms with E-state index in [2.05, 4.69) is 9.97 Å². The van der Waals surface area contributed by atoms with Gasteiger partial charge in [-0.1, -0.05) is 0 Å². The molecule has 3 rings (SSSR count). The van der Waals surface area contributed by atoms with Crippen LogP contribution in [-0.4, -0.2) is 40.0 Å². The molecule has 1 saturated heterocycles. The summed E-state index contributed by atoms with van der Waals surface area (Å²) in [5.74, 6) is 0.0773. The Balaban J connectivity index is 1.63. The van der Waals surface area contributed by atoms with Gasteiger partial charge in [0.2, 0.25) is 0 Å². The second kappa shape index (κ2) is 6.00. The van der Waals surface area contributed by atoms with E-state index in [4.69, 9.17) is 4.74 Å². The third-order valence-corrected chi connectivity index (χ3v) is 3.93. The van der Waals surface area contributed by atoms with Gasteiger partial charge in [-0.05, 0) is 30.4 Å². The van der Waals surface area contributed by atoms with Gasteiger partial charge < -0.3 is 9.64 Å². The summed E-state index contributed by atoms with van der Waals surface area (Å²) < 4.78 is 5.74. The molecule has 3 heterocycles. The molecule has 0 aromatic carbocycles. The van der Waals surface area contributed by atoms with E-state index in [0.29, 0.717) is 12.6 Å². The Hall–Kier alpha value is -1.95. The van der Waals surface area contributed by atoms with E-state index in [0.717, 1.165) is 24.9 Å². The van der Waals surface area contributed by atoms with E-state index in [1.165, 1.54) is 11.3 Å².